The Labute approximate surface area is 181 Å². The van der Waals surface area contributed by atoms with Gasteiger partial charge < -0.3 is 9.47 Å². The normalized spacial score (nSPS) is 15.3. The lowest BCUT2D eigenvalue weighted by molar-refractivity contribution is 0.311. The van der Waals surface area contributed by atoms with Crippen molar-refractivity contribution in [1.29, 1.82) is 0 Å². The van der Waals surface area contributed by atoms with Gasteiger partial charge in [-0.2, -0.15) is 9.41 Å². The molecule has 2 heterocycles. The van der Waals surface area contributed by atoms with E-state index in [-0.39, 0.29) is 4.90 Å². The summed E-state index contributed by atoms with van der Waals surface area (Å²) in [5, 5.41) is 4.55. The fourth-order valence-electron chi connectivity index (χ4n) is 3.13. The second-order valence-corrected chi connectivity index (χ2v) is 9.03. The number of anilines is 1. The number of methoxy groups -OCH3 is 1. The molecular formula is C20H25ClN4O4S. The number of hydrogen-bond donors (Lipinski definition) is 1. The van der Waals surface area contributed by atoms with Crippen LogP contribution in [-0.4, -0.2) is 50.7 Å². The summed E-state index contributed by atoms with van der Waals surface area (Å²) in [7, 11) is -1.96. The number of ether oxygens (including phenoxy) is 2. The Bertz CT molecular complexity index is 991. The smallest absolute Gasteiger partial charge is 0.244 e. The monoisotopic (exact) mass is 452 g/mol. The molecule has 1 aromatic carbocycles. The minimum absolute atomic E-state index is 0.182. The van der Waals surface area contributed by atoms with Crippen LogP contribution in [0.3, 0.4) is 0 Å². The number of halogens is 1. The molecule has 0 saturated carbocycles. The van der Waals surface area contributed by atoms with E-state index in [1.165, 1.54) is 23.7 Å². The topological polar surface area (TPSA) is 93.1 Å². The number of aromatic nitrogens is 1. The van der Waals surface area contributed by atoms with Crippen molar-refractivity contribution in [3.63, 3.8) is 0 Å². The quantitative estimate of drug-likeness (QED) is 0.484. The summed E-state index contributed by atoms with van der Waals surface area (Å²) in [4.78, 5) is 4.34. The standard InChI is InChI=1S/C20H25ClN4O4S/c1-3-29-20-17(21)11-15(12-18(20)28-2)13-23-24-19-8-7-16(14-22-19)30(26,27)25-9-5-4-6-10-25/h7-8,11-14H,3-6,9-10H2,1-2H3,(H,22,24)/b23-13+. The number of pyridine rings is 1. The van der Waals surface area contributed by atoms with Crippen LogP contribution in [0.5, 0.6) is 11.5 Å². The Morgan fingerprint density at radius 1 is 1.27 bits per heavy atom. The molecule has 0 bridgehead atoms. The van der Waals surface area contributed by atoms with E-state index in [9.17, 15) is 8.42 Å². The van der Waals surface area contributed by atoms with E-state index < -0.39 is 10.0 Å². The lowest BCUT2D eigenvalue weighted by Gasteiger charge is -2.25. The van der Waals surface area contributed by atoms with Gasteiger partial charge in [-0.25, -0.2) is 13.4 Å². The molecule has 3 rings (SSSR count). The second-order valence-electron chi connectivity index (χ2n) is 6.68. The number of nitrogens with one attached hydrogen (secondary N) is 1. The Hall–Kier alpha value is -2.36. The maximum Gasteiger partial charge on any atom is 0.244 e. The van der Waals surface area contributed by atoms with Crippen molar-refractivity contribution >= 4 is 33.7 Å². The molecule has 0 spiro atoms. The van der Waals surface area contributed by atoms with E-state index in [4.69, 9.17) is 21.1 Å². The van der Waals surface area contributed by atoms with Gasteiger partial charge in [-0.1, -0.05) is 18.0 Å². The fourth-order valence-corrected chi connectivity index (χ4v) is 4.86. The molecule has 0 atom stereocenters. The van der Waals surface area contributed by atoms with E-state index in [0.29, 0.717) is 47.6 Å². The summed E-state index contributed by atoms with van der Waals surface area (Å²) in [6, 6.07) is 6.58. The lowest BCUT2D eigenvalue weighted by atomic mass is 10.2. The molecular weight excluding hydrogens is 428 g/mol. The number of nitrogens with zero attached hydrogens (tertiary/aromatic N) is 3. The molecule has 0 unspecified atom stereocenters. The van der Waals surface area contributed by atoms with Gasteiger partial charge in [0.1, 0.15) is 10.7 Å². The molecule has 1 N–H and O–H groups in total. The molecule has 1 saturated heterocycles. The Morgan fingerprint density at radius 3 is 2.67 bits per heavy atom. The first-order valence-electron chi connectivity index (χ1n) is 9.71. The van der Waals surface area contributed by atoms with Crippen molar-refractivity contribution in [2.75, 3.05) is 32.2 Å². The van der Waals surface area contributed by atoms with Gasteiger partial charge in [-0.15, -0.1) is 0 Å². The summed E-state index contributed by atoms with van der Waals surface area (Å²) in [5.74, 6) is 1.42. The van der Waals surface area contributed by atoms with Gasteiger partial charge in [0, 0.05) is 19.3 Å². The molecule has 0 aliphatic carbocycles. The van der Waals surface area contributed by atoms with Gasteiger partial charge in [0.15, 0.2) is 11.5 Å². The third-order valence-electron chi connectivity index (χ3n) is 4.62. The highest BCUT2D eigenvalue weighted by atomic mass is 35.5. The van der Waals surface area contributed by atoms with E-state index >= 15 is 0 Å². The predicted octanol–water partition coefficient (Wildman–Crippen LogP) is 3.76. The van der Waals surface area contributed by atoms with E-state index in [1.54, 1.807) is 24.4 Å². The predicted molar refractivity (Wildman–Crippen MR) is 117 cm³/mol. The van der Waals surface area contributed by atoms with Crippen molar-refractivity contribution in [3.8, 4) is 11.5 Å². The van der Waals surface area contributed by atoms with Crippen LogP contribution in [0.2, 0.25) is 5.02 Å². The molecule has 1 fully saturated rings. The molecule has 0 amide bonds. The van der Waals surface area contributed by atoms with Crippen LogP contribution in [0.25, 0.3) is 0 Å². The number of sulfonamides is 1. The highest BCUT2D eigenvalue weighted by Crippen LogP contribution is 2.36. The minimum Gasteiger partial charge on any atom is -0.493 e. The van der Waals surface area contributed by atoms with Gasteiger partial charge in [-0.05, 0) is 49.6 Å². The number of hydrogen-bond acceptors (Lipinski definition) is 7. The third kappa shape index (κ3) is 5.21. The van der Waals surface area contributed by atoms with Crippen LogP contribution >= 0.6 is 11.6 Å². The zero-order chi connectivity index (χ0) is 21.6. The van der Waals surface area contributed by atoms with E-state index in [0.717, 1.165) is 19.3 Å². The minimum atomic E-state index is -3.50. The second kappa shape index (κ2) is 10.1. The molecule has 1 aromatic heterocycles. The van der Waals surface area contributed by atoms with Crippen LogP contribution in [0.1, 0.15) is 31.7 Å². The van der Waals surface area contributed by atoms with Crippen LogP contribution < -0.4 is 14.9 Å². The van der Waals surface area contributed by atoms with Crippen LogP contribution in [0, 0.1) is 0 Å². The van der Waals surface area contributed by atoms with Crippen LogP contribution in [0.15, 0.2) is 40.5 Å². The summed E-state index contributed by atoms with van der Waals surface area (Å²) in [5.41, 5.74) is 3.49. The SMILES string of the molecule is CCOc1c(Cl)cc(/C=N/Nc2ccc(S(=O)(=O)N3CCCCC3)cn2)cc1OC. The highest BCUT2D eigenvalue weighted by molar-refractivity contribution is 7.89. The molecule has 0 radical (unpaired) electrons. The van der Waals surface area contributed by atoms with Gasteiger partial charge in [0.25, 0.3) is 0 Å². The Balaban J connectivity index is 1.68. The Kier molecular flexibility index (Phi) is 7.52. The number of hydrazone groups is 1. The maximum atomic E-state index is 12.7. The van der Waals surface area contributed by atoms with Crippen molar-refractivity contribution in [1.82, 2.24) is 9.29 Å². The number of piperidine rings is 1. The molecule has 8 nitrogen and oxygen atoms in total. The first-order chi connectivity index (χ1) is 14.5. The first-order valence-corrected chi connectivity index (χ1v) is 11.5. The van der Waals surface area contributed by atoms with Crippen molar-refractivity contribution in [3.05, 3.63) is 41.0 Å². The summed E-state index contributed by atoms with van der Waals surface area (Å²) in [6.45, 7) is 3.45. The Morgan fingerprint density at radius 2 is 2.03 bits per heavy atom. The van der Waals surface area contributed by atoms with Gasteiger partial charge in [-0.3, -0.25) is 5.43 Å². The first kappa shape index (κ1) is 22.3. The van der Waals surface area contributed by atoms with Crippen molar-refractivity contribution < 1.29 is 17.9 Å². The lowest BCUT2D eigenvalue weighted by Crippen LogP contribution is -2.35. The van der Waals surface area contributed by atoms with E-state index in [2.05, 4.69) is 15.5 Å². The van der Waals surface area contributed by atoms with E-state index in [1.807, 2.05) is 6.92 Å². The number of benzene rings is 1. The fraction of sp³-hybridized carbons (Fsp3) is 0.400. The van der Waals surface area contributed by atoms with Gasteiger partial charge in [0.2, 0.25) is 10.0 Å². The van der Waals surface area contributed by atoms with Gasteiger partial charge in [0.05, 0.1) is 25.0 Å². The number of rotatable bonds is 8. The van der Waals surface area contributed by atoms with Gasteiger partial charge >= 0.3 is 0 Å². The highest BCUT2D eigenvalue weighted by Gasteiger charge is 2.26. The molecule has 30 heavy (non-hydrogen) atoms. The summed E-state index contributed by atoms with van der Waals surface area (Å²) >= 11 is 6.25. The van der Waals surface area contributed by atoms with Crippen molar-refractivity contribution in [2.24, 2.45) is 5.10 Å². The zero-order valence-corrected chi connectivity index (χ0v) is 18.5. The molecule has 1 aliphatic rings. The summed E-state index contributed by atoms with van der Waals surface area (Å²) in [6.07, 6.45) is 5.75. The van der Waals surface area contributed by atoms with Crippen LogP contribution in [-0.2, 0) is 10.0 Å². The average molecular weight is 453 g/mol. The molecule has 1 aliphatic heterocycles. The average Bonchev–Trinajstić information content (AvgIpc) is 2.76. The summed E-state index contributed by atoms with van der Waals surface area (Å²) < 4.78 is 37.7. The largest absolute Gasteiger partial charge is 0.493 e. The van der Waals surface area contributed by atoms with Crippen molar-refractivity contribution in [2.45, 2.75) is 31.1 Å². The zero-order valence-electron chi connectivity index (χ0n) is 17.0. The third-order valence-corrected chi connectivity index (χ3v) is 6.79. The molecule has 10 heteroatoms. The molecule has 2 aromatic rings. The van der Waals surface area contributed by atoms with Crippen LogP contribution in [0.4, 0.5) is 5.82 Å². The molecule has 162 valence electrons. The maximum absolute atomic E-state index is 12.7.